The van der Waals surface area contributed by atoms with Gasteiger partial charge in [0.05, 0.1) is 17.6 Å². The minimum atomic E-state index is -0.843. The summed E-state index contributed by atoms with van der Waals surface area (Å²) in [4.78, 5) is 17.4. The number of carbonyl (C=O) groups excluding carboxylic acids is 1. The molecule has 1 amide bonds. The normalized spacial score (nSPS) is 14.2. The lowest BCUT2D eigenvalue weighted by Gasteiger charge is -2.24. The first-order valence-electron chi connectivity index (χ1n) is 8.21. The lowest BCUT2D eigenvalue weighted by atomic mass is 9.94. The fourth-order valence-electron chi connectivity index (χ4n) is 2.08. The number of amides is 1. The van der Waals surface area contributed by atoms with E-state index in [0.717, 1.165) is 25.7 Å². The molecule has 0 saturated carbocycles. The molecule has 4 nitrogen and oxygen atoms in total. The van der Waals surface area contributed by atoms with Crippen LogP contribution in [0.5, 0.6) is 0 Å². The van der Waals surface area contributed by atoms with Crippen LogP contribution in [0.15, 0.2) is 25.3 Å². The number of allylic oxidation sites excluding steroid dienone is 1. The summed E-state index contributed by atoms with van der Waals surface area (Å²) < 4.78 is 0. The molecule has 22 heavy (non-hydrogen) atoms. The lowest BCUT2D eigenvalue weighted by molar-refractivity contribution is -0.152. The summed E-state index contributed by atoms with van der Waals surface area (Å²) in [6.45, 7) is 12.8. The molecule has 0 aromatic carbocycles. The molecule has 0 radical (unpaired) electrons. The maximum Gasteiger partial charge on any atom is 0.249 e. The van der Waals surface area contributed by atoms with Crippen molar-refractivity contribution in [3.8, 4) is 0 Å². The van der Waals surface area contributed by atoms with Crippen molar-refractivity contribution in [3.05, 3.63) is 25.3 Å². The highest BCUT2D eigenvalue weighted by Crippen LogP contribution is 2.17. The Kier molecular flexibility index (Phi) is 10.9. The molecule has 0 aliphatic carbocycles. The Morgan fingerprint density at radius 3 is 2.32 bits per heavy atom. The van der Waals surface area contributed by atoms with Crippen molar-refractivity contribution in [1.29, 1.82) is 0 Å². The Hall–Kier alpha value is -1.13. The molecular formula is C18H33NO3. The Balaban J connectivity index is 4.15. The van der Waals surface area contributed by atoms with Crippen molar-refractivity contribution < 1.29 is 14.7 Å². The highest BCUT2D eigenvalue weighted by molar-refractivity contribution is 5.78. The first-order chi connectivity index (χ1) is 10.3. The summed E-state index contributed by atoms with van der Waals surface area (Å²) >= 11 is 0. The van der Waals surface area contributed by atoms with Crippen LogP contribution >= 0.6 is 0 Å². The van der Waals surface area contributed by atoms with Crippen LogP contribution in [0, 0.1) is 5.92 Å². The van der Waals surface area contributed by atoms with Gasteiger partial charge in [-0.1, -0.05) is 37.8 Å². The molecule has 0 rings (SSSR count). The van der Waals surface area contributed by atoms with Crippen molar-refractivity contribution in [2.24, 2.45) is 5.92 Å². The van der Waals surface area contributed by atoms with Crippen LogP contribution in [-0.4, -0.2) is 22.7 Å². The SMILES string of the molecule is C=CCCCCCCC[C@@H](C(=O)NOC(C)(C)C)[C@@H](O)C=C. The maximum atomic E-state index is 12.1. The number of aliphatic hydroxyl groups excluding tert-OH is 1. The summed E-state index contributed by atoms with van der Waals surface area (Å²) in [7, 11) is 0. The van der Waals surface area contributed by atoms with E-state index in [9.17, 15) is 9.90 Å². The van der Waals surface area contributed by atoms with Gasteiger partial charge in [-0.25, -0.2) is 5.48 Å². The van der Waals surface area contributed by atoms with Gasteiger partial charge in [-0.3, -0.25) is 9.63 Å². The van der Waals surface area contributed by atoms with Gasteiger partial charge in [0.2, 0.25) is 5.91 Å². The largest absolute Gasteiger partial charge is 0.388 e. The topological polar surface area (TPSA) is 58.6 Å². The predicted octanol–water partition coefficient (Wildman–Crippen LogP) is 3.91. The smallest absolute Gasteiger partial charge is 0.249 e. The van der Waals surface area contributed by atoms with E-state index in [1.807, 2.05) is 26.8 Å². The first-order valence-corrected chi connectivity index (χ1v) is 8.21. The van der Waals surface area contributed by atoms with Gasteiger partial charge >= 0.3 is 0 Å². The van der Waals surface area contributed by atoms with Gasteiger partial charge in [0.1, 0.15) is 0 Å². The summed E-state index contributed by atoms with van der Waals surface area (Å²) in [5, 5.41) is 9.94. The van der Waals surface area contributed by atoms with Gasteiger partial charge in [-0.05, 0) is 40.0 Å². The van der Waals surface area contributed by atoms with Crippen molar-refractivity contribution in [2.75, 3.05) is 0 Å². The van der Waals surface area contributed by atoms with Crippen LogP contribution in [0.4, 0.5) is 0 Å². The van der Waals surface area contributed by atoms with Crippen molar-refractivity contribution in [2.45, 2.75) is 77.4 Å². The molecular weight excluding hydrogens is 278 g/mol. The standard InChI is InChI=1S/C18H33NO3/c1-6-8-9-10-11-12-13-14-15(16(20)7-2)17(21)19-22-18(3,4)5/h6-7,15-16,20H,1-2,8-14H2,3-5H3,(H,19,21)/t15-,16+/m1/s1. The molecule has 0 unspecified atom stereocenters. The van der Waals surface area contributed by atoms with Gasteiger partial charge in [-0.15, -0.1) is 13.2 Å². The molecule has 0 aromatic heterocycles. The third-order valence-corrected chi connectivity index (χ3v) is 3.37. The third kappa shape index (κ3) is 10.6. The van der Waals surface area contributed by atoms with Gasteiger partial charge in [0.25, 0.3) is 0 Å². The quantitative estimate of drug-likeness (QED) is 0.326. The second kappa shape index (κ2) is 11.4. The fraction of sp³-hybridized carbons (Fsp3) is 0.722. The molecule has 0 heterocycles. The van der Waals surface area contributed by atoms with Crippen LogP contribution in [-0.2, 0) is 9.63 Å². The van der Waals surface area contributed by atoms with Gasteiger partial charge in [0.15, 0.2) is 0 Å². The summed E-state index contributed by atoms with van der Waals surface area (Å²) in [5.74, 6) is -0.790. The minimum Gasteiger partial charge on any atom is -0.388 e. The molecule has 2 atom stereocenters. The van der Waals surface area contributed by atoms with E-state index in [4.69, 9.17) is 4.84 Å². The first kappa shape index (κ1) is 20.9. The highest BCUT2D eigenvalue weighted by Gasteiger charge is 2.25. The van der Waals surface area contributed by atoms with Crippen LogP contribution in [0.25, 0.3) is 0 Å². The molecule has 0 bridgehead atoms. The molecule has 128 valence electrons. The monoisotopic (exact) mass is 311 g/mol. The van der Waals surface area contributed by atoms with Crippen LogP contribution in [0.3, 0.4) is 0 Å². The number of carbonyl (C=O) groups is 1. The predicted molar refractivity (Wildman–Crippen MR) is 91.2 cm³/mol. The van der Waals surface area contributed by atoms with E-state index in [2.05, 4.69) is 18.6 Å². The zero-order valence-corrected chi connectivity index (χ0v) is 14.4. The average molecular weight is 311 g/mol. The highest BCUT2D eigenvalue weighted by atomic mass is 16.7. The van der Waals surface area contributed by atoms with E-state index in [1.54, 1.807) is 0 Å². The summed E-state index contributed by atoms with van der Waals surface area (Å²) in [6, 6.07) is 0. The second-order valence-electron chi connectivity index (χ2n) is 6.65. The van der Waals surface area contributed by atoms with E-state index < -0.39 is 17.6 Å². The maximum absolute atomic E-state index is 12.1. The molecule has 0 saturated heterocycles. The van der Waals surface area contributed by atoms with E-state index in [-0.39, 0.29) is 5.91 Å². The minimum absolute atomic E-state index is 0.283. The van der Waals surface area contributed by atoms with Gasteiger partial charge in [0, 0.05) is 0 Å². The van der Waals surface area contributed by atoms with Crippen LogP contribution in [0.2, 0.25) is 0 Å². The zero-order valence-electron chi connectivity index (χ0n) is 14.4. The molecule has 0 fully saturated rings. The van der Waals surface area contributed by atoms with E-state index in [1.165, 1.54) is 18.9 Å². The van der Waals surface area contributed by atoms with Crippen LogP contribution in [0.1, 0.15) is 65.7 Å². The van der Waals surface area contributed by atoms with Crippen LogP contribution < -0.4 is 5.48 Å². The van der Waals surface area contributed by atoms with Gasteiger partial charge < -0.3 is 5.11 Å². The number of rotatable bonds is 12. The second-order valence-corrected chi connectivity index (χ2v) is 6.65. The molecule has 0 aromatic rings. The number of hydroxylamine groups is 1. The van der Waals surface area contributed by atoms with Crippen molar-refractivity contribution in [3.63, 3.8) is 0 Å². The van der Waals surface area contributed by atoms with Crippen molar-refractivity contribution in [1.82, 2.24) is 5.48 Å². The van der Waals surface area contributed by atoms with Gasteiger partial charge in [-0.2, -0.15) is 0 Å². The van der Waals surface area contributed by atoms with E-state index in [0.29, 0.717) is 6.42 Å². The molecule has 2 N–H and O–H groups in total. The molecule has 0 aliphatic heterocycles. The lowest BCUT2D eigenvalue weighted by Crippen LogP contribution is -2.40. The number of hydrogen-bond acceptors (Lipinski definition) is 3. The molecule has 0 aliphatic rings. The Morgan fingerprint density at radius 1 is 1.18 bits per heavy atom. The number of nitrogens with one attached hydrogen (secondary N) is 1. The molecule has 0 spiro atoms. The number of aliphatic hydroxyl groups is 1. The van der Waals surface area contributed by atoms with E-state index >= 15 is 0 Å². The number of hydrogen-bond donors (Lipinski definition) is 2. The Morgan fingerprint density at radius 2 is 1.77 bits per heavy atom. The molecule has 4 heteroatoms. The number of unbranched alkanes of at least 4 members (excludes halogenated alkanes) is 5. The summed E-state index contributed by atoms with van der Waals surface area (Å²) in [6.07, 6.45) is 9.66. The Bertz CT molecular complexity index is 334. The average Bonchev–Trinajstić information content (AvgIpc) is 2.46. The van der Waals surface area contributed by atoms with Crippen molar-refractivity contribution >= 4 is 5.91 Å². The fourth-order valence-corrected chi connectivity index (χ4v) is 2.08. The third-order valence-electron chi connectivity index (χ3n) is 3.37. The Labute approximate surface area is 135 Å². The summed E-state index contributed by atoms with van der Waals surface area (Å²) in [5.41, 5.74) is 2.00. The zero-order chi connectivity index (χ0) is 17.0.